The van der Waals surface area contributed by atoms with Gasteiger partial charge in [-0.3, -0.25) is 0 Å². The van der Waals surface area contributed by atoms with Crippen LogP contribution >= 0.6 is 11.3 Å². The summed E-state index contributed by atoms with van der Waals surface area (Å²) in [7, 11) is 0. The Morgan fingerprint density at radius 1 is 1.10 bits per heavy atom. The molecule has 0 spiro atoms. The molecule has 0 saturated carbocycles. The van der Waals surface area contributed by atoms with Gasteiger partial charge in [0.2, 0.25) is 0 Å². The van der Waals surface area contributed by atoms with Crippen LogP contribution < -0.4 is 29.4 Å². The SMILES string of the molecule is O=CC1=Cc2ccc(OCc3cc(-c4ccccc4)c(C(F)(F)F)s3)cc2O[I-]1. The number of hydrogen-bond acceptors (Lipinski definition) is 4. The molecule has 0 aliphatic carbocycles. The quantitative estimate of drug-likeness (QED) is 0.377. The number of alkyl halides is 3. The fraction of sp³-hybridized carbons (Fsp3) is 0.0952. The van der Waals surface area contributed by atoms with Crippen molar-refractivity contribution >= 4 is 23.7 Å². The second-order valence-electron chi connectivity index (χ2n) is 6.11. The van der Waals surface area contributed by atoms with Gasteiger partial charge in [0.15, 0.2) is 0 Å². The second-order valence-corrected chi connectivity index (χ2v) is 9.37. The number of rotatable bonds is 5. The Morgan fingerprint density at radius 2 is 1.90 bits per heavy atom. The van der Waals surface area contributed by atoms with Gasteiger partial charge in [0, 0.05) is 0 Å². The normalized spacial score (nSPS) is 13.6. The zero-order valence-corrected chi connectivity index (χ0v) is 17.7. The van der Waals surface area contributed by atoms with Gasteiger partial charge in [-0.05, 0) is 0 Å². The van der Waals surface area contributed by atoms with Crippen LogP contribution in [0.15, 0.2) is 58.2 Å². The van der Waals surface area contributed by atoms with Crippen LogP contribution in [-0.2, 0) is 17.6 Å². The van der Waals surface area contributed by atoms with Gasteiger partial charge >= 0.3 is 174 Å². The first kappa shape index (κ1) is 20.0. The Bertz CT molecular complexity index is 1070. The summed E-state index contributed by atoms with van der Waals surface area (Å²) in [6.07, 6.45) is -1.86. The van der Waals surface area contributed by atoms with Gasteiger partial charge in [0.1, 0.15) is 0 Å². The summed E-state index contributed by atoms with van der Waals surface area (Å²) in [4.78, 5) is 10.7. The van der Waals surface area contributed by atoms with E-state index in [1.54, 1.807) is 54.6 Å². The summed E-state index contributed by atoms with van der Waals surface area (Å²) in [5.74, 6) is 1.12. The number of thiophene rings is 1. The molecule has 4 rings (SSSR count). The molecule has 3 nitrogen and oxygen atoms in total. The molecule has 1 aromatic heterocycles. The van der Waals surface area contributed by atoms with Gasteiger partial charge < -0.3 is 0 Å². The molecule has 0 unspecified atom stereocenters. The van der Waals surface area contributed by atoms with E-state index in [2.05, 4.69) is 0 Å². The molecule has 8 heteroatoms. The Kier molecular flexibility index (Phi) is 5.64. The molecule has 0 radical (unpaired) electrons. The minimum absolute atomic E-state index is 0.0177. The van der Waals surface area contributed by atoms with Crippen LogP contribution in [0.1, 0.15) is 15.3 Å². The number of benzene rings is 2. The second kappa shape index (κ2) is 8.19. The Labute approximate surface area is 179 Å². The van der Waals surface area contributed by atoms with Crippen molar-refractivity contribution in [3.05, 3.63) is 73.5 Å². The van der Waals surface area contributed by atoms with Crippen LogP contribution in [0.5, 0.6) is 11.5 Å². The first-order valence-corrected chi connectivity index (χ1v) is 11.2. The minimum atomic E-state index is -4.43. The third-order valence-corrected chi connectivity index (χ3v) is 7.03. The average molecular weight is 529 g/mol. The molecule has 0 amide bonds. The summed E-state index contributed by atoms with van der Waals surface area (Å²) in [5, 5.41) is 0. The van der Waals surface area contributed by atoms with Gasteiger partial charge in [0.25, 0.3) is 0 Å². The van der Waals surface area contributed by atoms with Crippen molar-refractivity contribution in [1.82, 2.24) is 0 Å². The standard InChI is InChI=1S/C21H13F3IO3S/c22-21(23,24)20-18(13-4-2-1-3-5-13)10-17(29-20)12-27-16-7-6-14-8-15(11-26)25-28-19(14)9-16/h1-11H,12H2/q-1. The van der Waals surface area contributed by atoms with Gasteiger partial charge in [-0.2, -0.15) is 0 Å². The van der Waals surface area contributed by atoms with E-state index >= 15 is 0 Å². The maximum atomic E-state index is 13.5. The molecule has 2 heterocycles. The van der Waals surface area contributed by atoms with Crippen molar-refractivity contribution in [3.63, 3.8) is 0 Å². The first-order chi connectivity index (χ1) is 13.9. The van der Waals surface area contributed by atoms with Crippen LogP contribution in [0.4, 0.5) is 13.2 Å². The molecule has 0 bridgehead atoms. The van der Waals surface area contributed by atoms with Crippen LogP contribution in [-0.4, -0.2) is 6.29 Å². The molecule has 0 fully saturated rings. The molecular weight excluding hydrogens is 516 g/mol. The summed E-state index contributed by atoms with van der Waals surface area (Å²) in [6.45, 7) is 0.0177. The predicted octanol–water partition coefficient (Wildman–Crippen LogP) is 2.95. The summed E-state index contributed by atoms with van der Waals surface area (Å²) < 4.78 is 52.5. The van der Waals surface area contributed by atoms with E-state index in [1.807, 2.05) is 0 Å². The van der Waals surface area contributed by atoms with Crippen molar-refractivity contribution in [1.29, 1.82) is 0 Å². The number of carbonyl (C=O) groups is 1. The molecule has 29 heavy (non-hydrogen) atoms. The van der Waals surface area contributed by atoms with E-state index in [1.165, 1.54) is 6.07 Å². The molecule has 0 atom stereocenters. The molecule has 3 aromatic rings. The number of carbonyl (C=O) groups excluding carboxylic acids is 1. The molecular formula is C21H13F3IO3S-. The maximum absolute atomic E-state index is 13.5. The third kappa shape index (κ3) is 4.48. The Hall–Kier alpha value is -2.33. The van der Waals surface area contributed by atoms with E-state index in [0.29, 0.717) is 36.9 Å². The zero-order valence-electron chi connectivity index (χ0n) is 14.7. The van der Waals surface area contributed by atoms with Gasteiger partial charge in [0.05, 0.1) is 0 Å². The molecule has 0 saturated heterocycles. The monoisotopic (exact) mass is 529 g/mol. The molecule has 2 aromatic carbocycles. The van der Waals surface area contributed by atoms with Gasteiger partial charge in [-0.25, -0.2) is 0 Å². The van der Waals surface area contributed by atoms with Crippen LogP contribution in [0, 0.1) is 0 Å². The average Bonchev–Trinajstić information content (AvgIpc) is 3.17. The number of ether oxygens (including phenoxy) is 1. The van der Waals surface area contributed by atoms with E-state index < -0.39 is 32.7 Å². The van der Waals surface area contributed by atoms with E-state index in [0.717, 1.165) is 11.8 Å². The van der Waals surface area contributed by atoms with Crippen LogP contribution in [0.25, 0.3) is 17.2 Å². The van der Waals surface area contributed by atoms with Crippen molar-refractivity contribution in [2.75, 3.05) is 0 Å². The molecule has 1 aliphatic rings. The van der Waals surface area contributed by atoms with Gasteiger partial charge in [-0.15, -0.1) is 0 Å². The number of aldehydes is 1. The van der Waals surface area contributed by atoms with Crippen molar-refractivity contribution in [3.8, 4) is 22.6 Å². The van der Waals surface area contributed by atoms with Crippen molar-refractivity contribution < 1.29 is 47.4 Å². The van der Waals surface area contributed by atoms with E-state index in [-0.39, 0.29) is 12.2 Å². The van der Waals surface area contributed by atoms with Crippen molar-refractivity contribution in [2.24, 2.45) is 0 Å². The summed E-state index contributed by atoms with van der Waals surface area (Å²) in [6, 6.07) is 15.2. The van der Waals surface area contributed by atoms with Crippen LogP contribution in [0.3, 0.4) is 0 Å². The number of fused-ring (bicyclic) bond motifs is 1. The summed E-state index contributed by atoms with van der Waals surface area (Å²) in [5.41, 5.74) is 1.46. The van der Waals surface area contributed by atoms with E-state index in [4.69, 9.17) is 7.80 Å². The molecule has 0 N–H and O–H groups in total. The van der Waals surface area contributed by atoms with E-state index in [9.17, 15) is 18.0 Å². The summed E-state index contributed by atoms with van der Waals surface area (Å²) >= 11 is -0.145. The first-order valence-electron chi connectivity index (χ1n) is 8.45. The molecule has 150 valence electrons. The zero-order chi connectivity index (χ0) is 20.4. The van der Waals surface area contributed by atoms with Gasteiger partial charge in [-0.1, -0.05) is 6.07 Å². The van der Waals surface area contributed by atoms with Crippen molar-refractivity contribution in [2.45, 2.75) is 12.8 Å². The topological polar surface area (TPSA) is 35.5 Å². The van der Waals surface area contributed by atoms with Crippen LogP contribution in [0.2, 0.25) is 0 Å². The fourth-order valence-electron chi connectivity index (χ4n) is 2.81. The number of halogens is 4. The number of allylic oxidation sites excluding steroid dienone is 1. The Morgan fingerprint density at radius 3 is 2.62 bits per heavy atom. The third-order valence-electron chi connectivity index (χ3n) is 4.11. The predicted molar refractivity (Wildman–Crippen MR) is 100 cm³/mol. The number of hydrogen-bond donors (Lipinski definition) is 0. The Balaban J connectivity index is 1.56. The molecule has 1 aliphatic heterocycles. The fourth-order valence-corrected chi connectivity index (χ4v) is 5.21.